The van der Waals surface area contributed by atoms with E-state index in [9.17, 15) is 0 Å². The number of imidazole rings is 1. The fourth-order valence-corrected chi connectivity index (χ4v) is 2.13. The monoisotopic (exact) mass is 241 g/mol. The summed E-state index contributed by atoms with van der Waals surface area (Å²) >= 11 is 0. The first-order valence-corrected chi connectivity index (χ1v) is 5.84. The molecule has 92 valence electrons. The Morgan fingerprint density at radius 2 is 2.11 bits per heavy atom. The van der Waals surface area contributed by atoms with Gasteiger partial charge in [0.2, 0.25) is 5.95 Å². The number of benzene rings is 1. The molecular weight excluding hydrogens is 226 g/mol. The Morgan fingerprint density at radius 1 is 1.28 bits per heavy atom. The van der Waals surface area contributed by atoms with Crippen molar-refractivity contribution in [3.05, 3.63) is 41.7 Å². The predicted molar refractivity (Wildman–Crippen MR) is 71.2 cm³/mol. The summed E-state index contributed by atoms with van der Waals surface area (Å²) in [7, 11) is 1.90. The van der Waals surface area contributed by atoms with E-state index in [0.29, 0.717) is 12.5 Å². The summed E-state index contributed by atoms with van der Waals surface area (Å²) in [6.07, 6.45) is 1.93. The quantitative estimate of drug-likeness (QED) is 0.743. The average Bonchev–Trinajstić information content (AvgIpc) is 2.84. The topological polar surface area (TPSA) is 61.7 Å². The third-order valence-corrected chi connectivity index (χ3v) is 3.02. The molecule has 0 saturated carbocycles. The Labute approximate surface area is 105 Å². The molecule has 5 heteroatoms. The molecule has 0 aliphatic heterocycles. The van der Waals surface area contributed by atoms with Crippen molar-refractivity contribution in [2.75, 3.05) is 5.73 Å². The van der Waals surface area contributed by atoms with Gasteiger partial charge in [0.05, 0.1) is 23.3 Å². The van der Waals surface area contributed by atoms with Gasteiger partial charge in [-0.15, -0.1) is 0 Å². The van der Waals surface area contributed by atoms with E-state index in [-0.39, 0.29) is 0 Å². The molecule has 0 saturated heterocycles. The van der Waals surface area contributed by atoms with E-state index in [1.165, 1.54) is 5.56 Å². The lowest BCUT2D eigenvalue weighted by Gasteiger charge is -2.04. The van der Waals surface area contributed by atoms with Crippen LogP contribution in [0.25, 0.3) is 11.0 Å². The minimum atomic E-state index is 0.529. The fraction of sp³-hybridized carbons (Fsp3) is 0.231. The largest absolute Gasteiger partial charge is 0.369 e. The first-order valence-electron chi connectivity index (χ1n) is 5.84. The molecule has 0 bridgehead atoms. The molecule has 0 atom stereocenters. The van der Waals surface area contributed by atoms with Gasteiger partial charge in [-0.25, -0.2) is 4.98 Å². The second-order valence-corrected chi connectivity index (χ2v) is 4.53. The Hall–Kier alpha value is -2.30. The van der Waals surface area contributed by atoms with Gasteiger partial charge in [-0.2, -0.15) is 5.10 Å². The van der Waals surface area contributed by atoms with E-state index in [1.54, 1.807) is 4.68 Å². The first kappa shape index (κ1) is 10.8. The van der Waals surface area contributed by atoms with Crippen LogP contribution in [0.15, 0.2) is 30.5 Å². The Kier molecular flexibility index (Phi) is 2.33. The van der Waals surface area contributed by atoms with Crippen LogP contribution in [0.1, 0.15) is 11.3 Å². The van der Waals surface area contributed by atoms with Crippen molar-refractivity contribution in [3.63, 3.8) is 0 Å². The Balaban J connectivity index is 2.08. The standard InChI is InChI=1S/C13H15N5/c1-9-3-4-12-11(7-9)15-13(14)18(12)8-10-5-6-17(2)16-10/h3-7H,8H2,1-2H3,(H2,14,15). The van der Waals surface area contributed by atoms with Crippen LogP contribution in [0.3, 0.4) is 0 Å². The molecule has 1 aromatic carbocycles. The molecular formula is C13H15N5. The van der Waals surface area contributed by atoms with Gasteiger partial charge < -0.3 is 10.3 Å². The Morgan fingerprint density at radius 3 is 2.83 bits per heavy atom. The minimum Gasteiger partial charge on any atom is -0.369 e. The van der Waals surface area contributed by atoms with Crippen molar-refractivity contribution in [3.8, 4) is 0 Å². The SMILES string of the molecule is Cc1ccc2c(c1)nc(N)n2Cc1ccn(C)n1. The molecule has 3 rings (SSSR count). The Bertz CT molecular complexity index is 707. The zero-order valence-corrected chi connectivity index (χ0v) is 10.5. The number of anilines is 1. The second kappa shape index (κ2) is 3.87. The number of nitrogen functional groups attached to an aromatic ring is 1. The normalized spacial score (nSPS) is 11.2. The summed E-state index contributed by atoms with van der Waals surface area (Å²) < 4.78 is 3.77. The van der Waals surface area contributed by atoms with Gasteiger partial charge in [0.1, 0.15) is 0 Å². The van der Waals surface area contributed by atoms with Crippen LogP contribution in [0.4, 0.5) is 5.95 Å². The molecule has 3 aromatic rings. The molecule has 0 spiro atoms. The fourth-order valence-electron chi connectivity index (χ4n) is 2.13. The van der Waals surface area contributed by atoms with Gasteiger partial charge in [0.15, 0.2) is 0 Å². The van der Waals surface area contributed by atoms with Gasteiger partial charge in [-0.1, -0.05) is 6.07 Å². The molecule has 2 aromatic heterocycles. The van der Waals surface area contributed by atoms with E-state index in [1.807, 2.05) is 36.9 Å². The average molecular weight is 241 g/mol. The predicted octanol–water partition coefficient (Wildman–Crippen LogP) is 1.71. The number of aromatic nitrogens is 4. The van der Waals surface area contributed by atoms with Crippen LogP contribution in [0.5, 0.6) is 0 Å². The van der Waals surface area contributed by atoms with Gasteiger partial charge in [0, 0.05) is 13.2 Å². The molecule has 18 heavy (non-hydrogen) atoms. The summed E-state index contributed by atoms with van der Waals surface area (Å²) in [4.78, 5) is 4.38. The van der Waals surface area contributed by atoms with Crippen molar-refractivity contribution < 1.29 is 0 Å². The molecule has 2 heterocycles. The summed E-state index contributed by atoms with van der Waals surface area (Å²) in [6.45, 7) is 2.69. The number of fused-ring (bicyclic) bond motifs is 1. The van der Waals surface area contributed by atoms with Crippen molar-refractivity contribution in [1.29, 1.82) is 0 Å². The molecule has 0 fully saturated rings. The molecule has 0 radical (unpaired) electrons. The maximum Gasteiger partial charge on any atom is 0.201 e. The zero-order valence-electron chi connectivity index (χ0n) is 10.5. The van der Waals surface area contributed by atoms with Gasteiger partial charge in [-0.3, -0.25) is 4.68 Å². The lowest BCUT2D eigenvalue weighted by Crippen LogP contribution is -2.05. The number of hydrogen-bond acceptors (Lipinski definition) is 3. The first-order chi connectivity index (χ1) is 8.63. The van der Waals surface area contributed by atoms with Crippen LogP contribution in [0.2, 0.25) is 0 Å². The van der Waals surface area contributed by atoms with E-state index < -0.39 is 0 Å². The lowest BCUT2D eigenvalue weighted by molar-refractivity contribution is 0.717. The molecule has 0 unspecified atom stereocenters. The smallest absolute Gasteiger partial charge is 0.201 e. The number of hydrogen-bond donors (Lipinski definition) is 1. The molecule has 0 aliphatic carbocycles. The zero-order chi connectivity index (χ0) is 12.7. The highest BCUT2D eigenvalue weighted by Crippen LogP contribution is 2.20. The number of rotatable bonds is 2. The van der Waals surface area contributed by atoms with Crippen molar-refractivity contribution in [1.82, 2.24) is 19.3 Å². The summed E-state index contributed by atoms with van der Waals surface area (Å²) in [5, 5.41) is 4.36. The third-order valence-electron chi connectivity index (χ3n) is 3.02. The van der Waals surface area contributed by atoms with Gasteiger partial charge in [0.25, 0.3) is 0 Å². The molecule has 0 aliphatic rings. The van der Waals surface area contributed by atoms with Crippen molar-refractivity contribution in [2.24, 2.45) is 7.05 Å². The highest BCUT2D eigenvalue weighted by molar-refractivity contribution is 5.79. The molecule has 5 nitrogen and oxygen atoms in total. The van der Waals surface area contributed by atoms with Crippen molar-refractivity contribution in [2.45, 2.75) is 13.5 Å². The van der Waals surface area contributed by atoms with Crippen LogP contribution in [-0.4, -0.2) is 19.3 Å². The summed E-state index contributed by atoms with van der Waals surface area (Å²) in [5.74, 6) is 0.529. The summed E-state index contributed by atoms with van der Waals surface area (Å²) in [5.41, 5.74) is 10.1. The second-order valence-electron chi connectivity index (χ2n) is 4.53. The van der Waals surface area contributed by atoms with Crippen LogP contribution >= 0.6 is 0 Å². The number of aryl methyl sites for hydroxylation is 2. The number of nitrogens with zero attached hydrogens (tertiary/aromatic N) is 4. The van der Waals surface area contributed by atoms with Gasteiger partial charge in [-0.05, 0) is 30.7 Å². The third kappa shape index (κ3) is 1.73. The van der Waals surface area contributed by atoms with E-state index >= 15 is 0 Å². The van der Waals surface area contributed by atoms with E-state index in [0.717, 1.165) is 16.7 Å². The maximum absolute atomic E-state index is 5.98. The van der Waals surface area contributed by atoms with Crippen LogP contribution in [-0.2, 0) is 13.6 Å². The highest BCUT2D eigenvalue weighted by Gasteiger charge is 2.09. The lowest BCUT2D eigenvalue weighted by atomic mass is 10.2. The maximum atomic E-state index is 5.98. The number of nitrogens with two attached hydrogens (primary N) is 1. The van der Waals surface area contributed by atoms with Crippen LogP contribution < -0.4 is 5.73 Å². The van der Waals surface area contributed by atoms with E-state index in [4.69, 9.17) is 5.73 Å². The van der Waals surface area contributed by atoms with Crippen molar-refractivity contribution >= 4 is 17.0 Å². The van der Waals surface area contributed by atoms with Gasteiger partial charge >= 0.3 is 0 Å². The van der Waals surface area contributed by atoms with Crippen LogP contribution in [0, 0.1) is 6.92 Å². The minimum absolute atomic E-state index is 0.529. The molecule has 2 N–H and O–H groups in total. The van der Waals surface area contributed by atoms with E-state index in [2.05, 4.69) is 22.2 Å². The highest BCUT2D eigenvalue weighted by atomic mass is 15.3. The molecule has 0 amide bonds. The summed E-state index contributed by atoms with van der Waals surface area (Å²) in [6, 6.07) is 8.15.